The van der Waals surface area contributed by atoms with Crippen LogP contribution in [-0.4, -0.2) is 38.6 Å². The van der Waals surface area contributed by atoms with E-state index in [2.05, 4.69) is 21.9 Å². The maximum Gasteiger partial charge on any atom is 0.407 e. The maximum absolute atomic E-state index is 12.5. The molecule has 0 aromatic heterocycles. The van der Waals surface area contributed by atoms with Crippen molar-refractivity contribution >= 4 is 27.7 Å². The first kappa shape index (κ1) is 23.6. The minimum absolute atomic E-state index is 0.00813. The SMILES string of the molecule is C=CC(=O)Nc1ccc(S(=O)(=O)NC[C@@H](NC(=O)OC(C)(C)C)C(C)C)cc1. The number of hydrogen-bond acceptors (Lipinski definition) is 5. The van der Waals surface area contributed by atoms with Crippen molar-refractivity contribution in [3.63, 3.8) is 0 Å². The van der Waals surface area contributed by atoms with Gasteiger partial charge in [-0.25, -0.2) is 17.9 Å². The second kappa shape index (κ2) is 9.70. The van der Waals surface area contributed by atoms with E-state index in [0.29, 0.717) is 5.69 Å². The van der Waals surface area contributed by atoms with Gasteiger partial charge in [0.25, 0.3) is 0 Å². The van der Waals surface area contributed by atoms with Gasteiger partial charge >= 0.3 is 6.09 Å². The predicted octanol–water partition coefficient (Wildman–Crippen LogP) is 2.64. The Kier molecular flexibility index (Phi) is 8.19. The molecule has 1 aromatic carbocycles. The molecule has 0 spiro atoms. The molecule has 1 atom stereocenters. The fourth-order valence-corrected chi connectivity index (χ4v) is 3.17. The third-order valence-corrected chi connectivity index (χ3v) is 5.06. The number of alkyl carbamates (subject to hydrolysis) is 1. The summed E-state index contributed by atoms with van der Waals surface area (Å²) in [7, 11) is -3.79. The summed E-state index contributed by atoms with van der Waals surface area (Å²) >= 11 is 0. The van der Waals surface area contributed by atoms with E-state index in [-0.39, 0.29) is 23.3 Å². The first-order chi connectivity index (χ1) is 12.8. The third kappa shape index (κ3) is 8.10. The monoisotopic (exact) mass is 411 g/mol. The van der Waals surface area contributed by atoms with Gasteiger partial charge in [-0.15, -0.1) is 0 Å². The summed E-state index contributed by atoms with van der Waals surface area (Å²) < 4.78 is 32.7. The molecule has 0 saturated carbocycles. The Bertz CT molecular complexity index is 796. The van der Waals surface area contributed by atoms with Gasteiger partial charge in [-0.3, -0.25) is 4.79 Å². The molecule has 0 aliphatic carbocycles. The number of carbonyl (C=O) groups is 2. The van der Waals surface area contributed by atoms with Gasteiger partial charge in [0, 0.05) is 18.3 Å². The van der Waals surface area contributed by atoms with Crippen molar-refractivity contribution in [2.24, 2.45) is 5.92 Å². The van der Waals surface area contributed by atoms with E-state index in [9.17, 15) is 18.0 Å². The van der Waals surface area contributed by atoms with Crippen molar-refractivity contribution in [1.29, 1.82) is 0 Å². The minimum Gasteiger partial charge on any atom is -0.444 e. The number of nitrogens with one attached hydrogen (secondary N) is 3. The van der Waals surface area contributed by atoms with Gasteiger partial charge < -0.3 is 15.4 Å². The molecule has 0 bridgehead atoms. The zero-order valence-electron chi connectivity index (χ0n) is 16.9. The summed E-state index contributed by atoms with van der Waals surface area (Å²) in [5.74, 6) is -0.409. The summed E-state index contributed by atoms with van der Waals surface area (Å²) in [5.41, 5.74) is -0.191. The number of rotatable bonds is 8. The van der Waals surface area contributed by atoms with Crippen LogP contribution < -0.4 is 15.4 Å². The van der Waals surface area contributed by atoms with Gasteiger partial charge in [0.05, 0.1) is 4.90 Å². The topological polar surface area (TPSA) is 114 Å². The lowest BCUT2D eigenvalue weighted by Crippen LogP contribution is -2.48. The Morgan fingerprint density at radius 2 is 1.75 bits per heavy atom. The second-order valence-electron chi connectivity index (χ2n) is 7.57. The average molecular weight is 412 g/mol. The Labute approximate surface area is 166 Å². The van der Waals surface area contributed by atoms with Crippen LogP contribution in [0, 0.1) is 5.92 Å². The van der Waals surface area contributed by atoms with E-state index < -0.39 is 27.8 Å². The van der Waals surface area contributed by atoms with Crippen molar-refractivity contribution in [3.05, 3.63) is 36.9 Å². The van der Waals surface area contributed by atoms with Crippen LogP contribution in [0.3, 0.4) is 0 Å². The number of sulfonamides is 1. The molecule has 1 rings (SSSR count). The lowest BCUT2D eigenvalue weighted by atomic mass is 10.1. The molecule has 9 heteroatoms. The zero-order valence-corrected chi connectivity index (χ0v) is 17.7. The van der Waals surface area contributed by atoms with E-state index in [4.69, 9.17) is 4.74 Å². The van der Waals surface area contributed by atoms with Gasteiger partial charge in [0.1, 0.15) is 5.60 Å². The third-order valence-electron chi connectivity index (χ3n) is 3.62. The van der Waals surface area contributed by atoms with Crippen molar-refractivity contribution in [1.82, 2.24) is 10.0 Å². The maximum atomic E-state index is 12.5. The van der Waals surface area contributed by atoms with Gasteiger partial charge in [-0.1, -0.05) is 20.4 Å². The smallest absolute Gasteiger partial charge is 0.407 e. The average Bonchev–Trinajstić information content (AvgIpc) is 2.57. The van der Waals surface area contributed by atoms with Crippen LogP contribution in [-0.2, 0) is 19.6 Å². The Hall–Kier alpha value is -2.39. The van der Waals surface area contributed by atoms with Gasteiger partial charge in [0.15, 0.2) is 0 Å². The summed E-state index contributed by atoms with van der Waals surface area (Å²) in [5, 5.41) is 5.23. The van der Waals surface area contributed by atoms with Crippen molar-refractivity contribution in [2.45, 2.75) is 51.2 Å². The van der Waals surface area contributed by atoms with Gasteiger partial charge in [0.2, 0.25) is 15.9 Å². The summed E-state index contributed by atoms with van der Waals surface area (Å²) in [6.45, 7) is 12.3. The van der Waals surface area contributed by atoms with Crippen LogP contribution in [0.1, 0.15) is 34.6 Å². The van der Waals surface area contributed by atoms with Gasteiger partial charge in [-0.2, -0.15) is 0 Å². The van der Waals surface area contributed by atoms with Crippen molar-refractivity contribution in [3.8, 4) is 0 Å². The Balaban J connectivity index is 2.77. The van der Waals surface area contributed by atoms with Crippen LogP contribution in [0.5, 0.6) is 0 Å². The molecular weight excluding hydrogens is 382 g/mol. The number of hydrogen-bond donors (Lipinski definition) is 3. The van der Waals surface area contributed by atoms with Crippen molar-refractivity contribution < 1.29 is 22.7 Å². The van der Waals surface area contributed by atoms with E-state index in [1.807, 2.05) is 13.8 Å². The first-order valence-corrected chi connectivity index (χ1v) is 10.3. The minimum atomic E-state index is -3.79. The van der Waals surface area contributed by atoms with Crippen LogP contribution in [0.15, 0.2) is 41.8 Å². The Morgan fingerprint density at radius 1 is 1.18 bits per heavy atom. The fourth-order valence-electron chi connectivity index (χ4n) is 2.11. The van der Waals surface area contributed by atoms with Crippen LogP contribution in [0.4, 0.5) is 10.5 Å². The molecule has 0 aliphatic rings. The molecule has 1 aromatic rings. The number of ether oxygens (including phenoxy) is 1. The number of carbonyl (C=O) groups excluding carboxylic acids is 2. The van der Waals surface area contributed by atoms with Crippen LogP contribution in [0.25, 0.3) is 0 Å². The number of anilines is 1. The predicted molar refractivity (Wildman–Crippen MR) is 108 cm³/mol. The molecule has 8 nitrogen and oxygen atoms in total. The molecular formula is C19H29N3O5S. The highest BCUT2D eigenvalue weighted by Gasteiger charge is 2.23. The highest BCUT2D eigenvalue weighted by atomic mass is 32.2. The van der Waals surface area contributed by atoms with E-state index in [1.54, 1.807) is 20.8 Å². The van der Waals surface area contributed by atoms with E-state index in [0.717, 1.165) is 6.08 Å². The highest BCUT2D eigenvalue weighted by Crippen LogP contribution is 2.15. The summed E-state index contributed by atoms with van der Waals surface area (Å²) in [6.07, 6.45) is 0.517. The van der Waals surface area contributed by atoms with E-state index in [1.165, 1.54) is 24.3 Å². The molecule has 0 aliphatic heterocycles. The van der Waals surface area contributed by atoms with Crippen LogP contribution >= 0.6 is 0 Å². The molecule has 0 radical (unpaired) electrons. The van der Waals surface area contributed by atoms with E-state index >= 15 is 0 Å². The molecule has 0 heterocycles. The molecule has 0 unspecified atom stereocenters. The molecule has 0 fully saturated rings. The van der Waals surface area contributed by atoms with Crippen LogP contribution in [0.2, 0.25) is 0 Å². The Morgan fingerprint density at radius 3 is 2.21 bits per heavy atom. The zero-order chi connectivity index (χ0) is 21.5. The number of benzene rings is 1. The molecule has 156 valence electrons. The highest BCUT2D eigenvalue weighted by molar-refractivity contribution is 7.89. The molecule has 0 saturated heterocycles. The second-order valence-corrected chi connectivity index (χ2v) is 9.33. The lowest BCUT2D eigenvalue weighted by Gasteiger charge is -2.26. The molecule has 2 amide bonds. The standard InChI is InChI=1S/C19H29N3O5S/c1-7-17(23)21-14-8-10-15(11-9-14)28(25,26)20-12-16(13(2)3)22-18(24)27-19(4,5)6/h7-11,13,16,20H,1,12H2,2-6H3,(H,21,23)(H,22,24)/t16-/m1/s1. The summed E-state index contributed by atoms with van der Waals surface area (Å²) in [4.78, 5) is 23.3. The van der Waals surface area contributed by atoms with Crippen molar-refractivity contribution in [2.75, 3.05) is 11.9 Å². The summed E-state index contributed by atoms with van der Waals surface area (Å²) in [6, 6.07) is 5.28. The quantitative estimate of drug-likeness (QED) is 0.569. The molecule has 28 heavy (non-hydrogen) atoms. The number of amides is 2. The lowest BCUT2D eigenvalue weighted by molar-refractivity contribution is -0.111. The largest absolute Gasteiger partial charge is 0.444 e. The fraction of sp³-hybridized carbons (Fsp3) is 0.474. The normalized spacial score (nSPS) is 12.9. The van der Waals surface area contributed by atoms with Gasteiger partial charge in [-0.05, 0) is 57.0 Å². The molecule has 3 N–H and O–H groups in total. The first-order valence-electron chi connectivity index (χ1n) is 8.86.